The monoisotopic (exact) mass is 261 g/mol. The number of nitrogens with one attached hydrogen (secondary N) is 1. The molecule has 0 aliphatic heterocycles. The molecule has 0 spiro atoms. The molecule has 4 heteroatoms. The van der Waals surface area contributed by atoms with E-state index in [1.54, 1.807) is 0 Å². The fourth-order valence-electron chi connectivity index (χ4n) is 3.90. The van der Waals surface area contributed by atoms with Crippen LogP contribution in [0.25, 0.3) is 0 Å². The van der Waals surface area contributed by atoms with Crippen LogP contribution in [0.2, 0.25) is 0 Å². The van der Waals surface area contributed by atoms with Gasteiger partial charge in [0.1, 0.15) is 0 Å². The third kappa shape index (κ3) is 2.55. The van der Waals surface area contributed by atoms with Crippen molar-refractivity contribution in [2.45, 2.75) is 63.3 Å². The third-order valence-electron chi connectivity index (χ3n) is 5.12. The Morgan fingerprint density at radius 1 is 1.11 bits per heavy atom. The Morgan fingerprint density at radius 3 is 2.79 bits per heavy atom. The Morgan fingerprint density at radius 2 is 2.05 bits per heavy atom. The van der Waals surface area contributed by atoms with Crippen molar-refractivity contribution in [2.24, 2.45) is 11.8 Å². The van der Waals surface area contributed by atoms with E-state index >= 15 is 0 Å². The Labute approximate surface area is 114 Å². The molecule has 0 aromatic carbocycles. The van der Waals surface area contributed by atoms with Crippen LogP contribution in [-0.4, -0.2) is 22.8 Å². The Hall–Kier alpha value is -0.900. The number of fused-ring (bicyclic) bond motifs is 2. The summed E-state index contributed by atoms with van der Waals surface area (Å²) in [5, 5.41) is 12.1. The Balaban J connectivity index is 1.29. The lowest BCUT2D eigenvalue weighted by Gasteiger charge is -2.17. The quantitative estimate of drug-likeness (QED) is 0.800. The molecule has 19 heavy (non-hydrogen) atoms. The Bertz CT molecular complexity index is 440. The van der Waals surface area contributed by atoms with E-state index in [1.165, 1.54) is 38.5 Å². The first-order chi connectivity index (χ1) is 9.38. The number of aryl methyl sites for hydroxylation is 1. The fraction of sp³-hybridized carbons (Fsp3) is 0.867. The van der Waals surface area contributed by atoms with E-state index in [2.05, 4.69) is 15.5 Å². The normalized spacial score (nSPS) is 33.2. The summed E-state index contributed by atoms with van der Waals surface area (Å²) in [5.41, 5.74) is 0. The van der Waals surface area contributed by atoms with Gasteiger partial charge in [-0.15, -0.1) is 10.2 Å². The number of hydrogen-bond donors (Lipinski definition) is 1. The molecule has 1 N–H and O–H groups in total. The zero-order chi connectivity index (χ0) is 12.7. The van der Waals surface area contributed by atoms with Crippen LogP contribution >= 0.6 is 0 Å². The van der Waals surface area contributed by atoms with E-state index < -0.39 is 0 Å². The second-order valence-electron chi connectivity index (χ2n) is 6.65. The minimum absolute atomic E-state index is 0.574. The third-order valence-corrected chi connectivity index (χ3v) is 5.12. The second kappa shape index (κ2) is 4.89. The largest absolute Gasteiger partial charge is 0.425 e. The molecular weight excluding hydrogens is 238 g/mol. The molecule has 1 aromatic rings. The lowest BCUT2D eigenvalue weighted by molar-refractivity contribution is 0.334. The van der Waals surface area contributed by atoms with Crippen molar-refractivity contribution in [1.82, 2.24) is 15.5 Å². The van der Waals surface area contributed by atoms with Gasteiger partial charge in [-0.3, -0.25) is 0 Å². The molecule has 0 radical (unpaired) electrons. The zero-order valence-electron chi connectivity index (χ0n) is 11.5. The first-order valence-electron chi connectivity index (χ1n) is 7.94. The highest BCUT2D eigenvalue weighted by molar-refractivity contribution is 5.04. The molecule has 3 fully saturated rings. The van der Waals surface area contributed by atoms with Crippen LogP contribution in [0.3, 0.4) is 0 Å². The minimum atomic E-state index is 0.574. The van der Waals surface area contributed by atoms with Gasteiger partial charge < -0.3 is 9.73 Å². The molecule has 4 rings (SSSR count). The highest BCUT2D eigenvalue weighted by atomic mass is 16.4. The molecule has 104 valence electrons. The first kappa shape index (κ1) is 11.9. The van der Waals surface area contributed by atoms with Crippen LogP contribution < -0.4 is 5.32 Å². The molecule has 3 atom stereocenters. The van der Waals surface area contributed by atoms with E-state index in [1.807, 2.05) is 0 Å². The van der Waals surface area contributed by atoms with Crippen molar-refractivity contribution < 1.29 is 4.42 Å². The summed E-state index contributed by atoms with van der Waals surface area (Å²) < 4.78 is 5.89. The number of hydrogen-bond acceptors (Lipinski definition) is 4. The van der Waals surface area contributed by atoms with Crippen molar-refractivity contribution in [3.05, 3.63) is 11.8 Å². The summed E-state index contributed by atoms with van der Waals surface area (Å²) in [7, 11) is 0. The van der Waals surface area contributed by atoms with E-state index in [0.717, 1.165) is 49.0 Å². The van der Waals surface area contributed by atoms with E-state index in [-0.39, 0.29) is 0 Å². The van der Waals surface area contributed by atoms with Crippen LogP contribution in [0.5, 0.6) is 0 Å². The molecule has 3 unspecified atom stereocenters. The van der Waals surface area contributed by atoms with E-state index in [9.17, 15) is 0 Å². The highest BCUT2D eigenvalue weighted by Crippen LogP contribution is 2.52. The van der Waals surface area contributed by atoms with Crippen LogP contribution in [0.1, 0.15) is 62.6 Å². The Kier molecular flexibility index (Phi) is 3.06. The number of nitrogens with zero attached hydrogens (tertiary/aromatic N) is 2. The summed E-state index contributed by atoms with van der Waals surface area (Å²) >= 11 is 0. The van der Waals surface area contributed by atoms with Gasteiger partial charge in [0.05, 0.1) is 0 Å². The zero-order valence-corrected chi connectivity index (χ0v) is 11.5. The van der Waals surface area contributed by atoms with Crippen LogP contribution in [0, 0.1) is 11.8 Å². The number of aromatic nitrogens is 2. The van der Waals surface area contributed by atoms with Crippen molar-refractivity contribution in [1.29, 1.82) is 0 Å². The lowest BCUT2D eigenvalue weighted by atomic mass is 9.89. The predicted octanol–water partition coefficient (Wildman–Crippen LogP) is 2.66. The van der Waals surface area contributed by atoms with Crippen LogP contribution in [0.15, 0.2) is 4.42 Å². The fourth-order valence-corrected chi connectivity index (χ4v) is 3.90. The average molecular weight is 261 g/mol. The van der Waals surface area contributed by atoms with Gasteiger partial charge in [-0.2, -0.15) is 0 Å². The van der Waals surface area contributed by atoms with Gasteiger partial charge in [-0.1, -0.05) is 6.42 Å². The van der Waals surface area contributed by atoms with E-state index in [4.69, 9.17) is 4.42 Å². The molecule has 4 nitrogen and oxygen atoms in total. The van der Waals surface area contributed by atoms with Crippen LogP contribution in [0.4, 0.5) is 0 Å². The summed E-state index contributed by atoms with van der Waals surface area (Å²) in [6, 6.07) is 0.798. The van der Waals surface area contributed by atoms with Crippen molar-refractivity contribution >= 4 is 0 Å². The second-order valence-corrected chi connectivity index (χ2v) is 6.65. The molecular formula is C15H23N3O. The summed E-state index contributed by atoms with van der Waals surface area (Å²) in [4.78, 5) is 0. The highest BCUT2D eigenvalue weighted by Gasteiger charge is 2.42. The minimum Gasteiger partial charge on any atom is -0.425 e. The lowest BCUT2D eigenvalue weighted by Crippen LogP contribution is -2.17. The number of rotatable bonds is 6. The van der Waals surface area contributed by atoms with Gasteiger partial charge in [0, 0.05) is 18.4 Å². The van der Waals surface area contributed by atoms with Gasteiger partial charge in [0.2, 0.25) is 11.8 Å². The van der Waals surface area contributed by atoms with Crippen molar-refractivity contribution in [2.75, 3.05) is 6.54 Å². The summed E-state index contributed by atoms with van der Waals surface area (Å²) in [5.74, 6) is 4.11. The van der Waals surface area contributed by atoms with Gasteiger partial charge in [-0.05, 0) is 56.9 Å². The van der Waals surface area contributed by atoms with Gasteiger partial charge in [-0.25, -0.2) is 0 Å². The van der Waals surface area contributed by atoms with Crippen LogP contribution in [-0.2, 0) is 6.42 Å². The smallest absolute Gasteiger partial charge is 0.219 e. The molecule has 0 amide bonds. The average Bonchev–Trinajstić information content (AvgIpc) is 2.86. The van der Waals surface area contributed by atoms with E-state index in [0.29, 0.717) is 5.92 Å². The molecule has 0 saturated heterocycles. The molecule has 3 saturated carbocycles. The first-order valence-corrected chi connectivity index (χ1v) is 7.94. The SMILES string of the molecule is C(CNC1CC1)Cc1nnc(C2CC3CCC2C3)o1. The predicted molar refractivity (Wildman–Crippen MR) is 71.8 cm³/mol. The topological polar surface area (TPSA) is 51.0 Å². The summed E-state index contributed by atoms with van der Waals surface area (Å²) in [6.07, 6.45) is 10.2. The van der Waals surface area contributed by atoms with Crippen molar-refractivity contribution in [3.63, 3.8) is 0 Å². The maximum atomic E-state index is 5.89. The van der Waals surface area contributed by atoms with Gasteiger partial charge in [0.25, 0.3) is 0 Å². The molecule has 3 aliphatic rings. The molecule has 1 aromatic heterocycles. The molecule has 2 bridgehead atoms. The molecule has 3 aliphatic carbocycles. The maximum Gasteiger partial charge on any atom is 0.219 e. The summed E-state index contributed by atoms with van der Waals surface area (Å²) in [6.45, 7) is 1.08. The van der Waals surface area contributed by atoms with Gasteiger partial charge in [0.15, 0.2) is 0 Å². The molecule has 1 heterocycles. The van der Waals surface area contributed by atoms with Crippen molar-refractivity contribution in [3.8, 4) is 0 Å². The van der Waals surface area contributed by atoms with Gasteiger partial charge >= 0.3 is 0 Å². The standard InChI is InChI=1S/C15H23N3O/c1(7-16-12-5-6-12)2-14-17-18-15(19-14)13-9-10-3-4-11(13)8-10/h10-13,16H,1-9H2. The maximum absolute atomic E-state index is 5.89.